The van der Waals surface area contributed by atoms with Gasteiger partial charge < -0.3 is 10.4 Å². The molecule has 0 aromatic heterocycles. The molecule has 110 valence electrons. The van der Waals surface area contributed by atoms with Crippen LogP contribution in [0.2, 0.25) is 0 Å². The molecule has 2 N–H and O–H groups in total. The highest BCUT2D eigenvalue weighted by atomic mass is 32.2. The molecule has 0 radical (unpaired) electrons. The van der Waals surface area contributed by atoms with Crippen molar-refractivity contribution in [3.8, 4) is 0 Å². The molecule has 0 aromatic rings. The topological polar surface area (TPSA) is 49.3 Å². The van der Waals surface area contributed by atoms with Crippen LogP contribution in [-0.2, 0) is 4.79 Å². The second kappa shape index (κ2) is 6.98. The van der Waals surface area contributed by atoms with Gasteiger partial charge in [0.15, 0.2) is 0 Å². The molecule has 1 aliphatic heterocycles. The van der Waals surface area contributed by atoms with Crippen molar-refractivity contribution in [2.45, 2.75) is 57.4 Å². The van der Waals surface area contributed by atoms with Gasteiger partial charge >= 0.3 is 0 Å². The molecule has 0 atom stereocenters. The lowest BCUT2D eigenvalue weighted by Crippen LogP contribution is -2.53. The van der Waals surface area contributed by atoms with E-state index in [2.05, 4.69) is 12.2 Å². The molecule has 1 heterocycles. The number of carbonyl (C=O) groups is 1. The van der Waals surface area contributed by atoms with Gasteiger partial charge in [0, 0.05) is 6.42 Å². The van der Waals surface area contributed by atoms with Crippen LogP contribution in [0.1, 0.15) is 51.9 Å². The van der Waals surface area contributed by atoms with Crippen LogP contribution < -0.4 is 5.32 Å². The van der Waals surface area contributed by atoms with Crippen molar-refractivity contribution in [2.75, 3.05) is 18.1 Å². The normalized spacial score (nSPS) is 33.1. The number of aliphatic hydroxyl groups excluding tert-OH is 1. The van der Waals surface area contributed by atoms with Crippen molar-refractivity contribution in [3.05, 3.63) is 0 Å². The number of aliphatic hydroxyl groups is 1. The van der Waals surface area contributed by atoms with E-state index in [1.807, 2.05) is 11.8 Å². The molecule has 2 rings (SSSR count). The number of amides is 1. The Bertz CT molecular complexity index is 295. The van der Waals surface area contributed by atoms with Gasteiger partial charge in [-0.3, -0.25) is 4.79 Å². The molecule has 0 bridgehead atoms. The van der Waals surface area contributed by atoms with E-state index in [0.29, 0.717) is 12.3 Å². The SMILES string of the molecule is CC1CCC(CO)(NC(=O)CC2CCSCC2)CC1. The van der Waals surface area contributed by atoms with Crippen molar-refractivity contribution in [2.24, 2.45) is 11.8 Å². The van der Waals surface area contributed by atoms with Crippen LogP contribution >= 0.6 is 11.8 Å². The average molecular weight is 285 g/mol. The van der Waals surface area contributed by atoms with E-state index in [9.17, 15) is 9.90 Å². The summed E-state index contributed by atoms with van der Waals surface area (Å²) < 4.78 is 0. The zero-order chi connectivity index (χ0) is 13.7. The first-order valence-electron chi connectivity index (χ1n) is 7.63. The third kappa shape index (κ3) is 4.38. The summed E-state index contributed by atoms with van der Waals surface area (Å²) in [6.45, 7) is 2.34. The molecule has 4 heteroatoms. The summed E-state index contributed by atoms with van der Waals surface area (Å²) in [7, 11) is 0. The van der Waals surface area contributed by atoms with Crippen molar-refractivity contribution >= 4 is 17.7 Å². The summed E-state index contributed by atoms with van der Waals surface area (Å²) in [5.74, 6) is 3.83. The molecular weight excluding hydrogens is 258 g/mol. The third-order valence-electron chi connectivity index (χ3n) is 4.75. The predicted octanol–water partition coefficient (Wildman–Crippen LogP) is 2.58. The van der Waals surface area contributed by atoms with Crippen LogP contribution in [0.5, 0.6) is 0 Å². The second-order valence-electron chi connectivity index (χ2n) is 6.43. The molecule has 0 spiro atoms. The Morgan fingerprint density at radius 1 is 1.26 bits per heavy atom. The van der Waals surface area contributed by atoms with Crippen molar-refractivity contribution in [1.82, 2.24) is 5.32 Å². The van der Waals surface area contributed by atoms with Crippen LogP contribution in [0, 0.1) is 11.8 Å². The molecule has 0 aromatic carbocycles. The fourth-order valence-corrected chi connectivity index (χ4v) is 4.40. The highest BCUT2D eigenvalue weighted by Gasteiger charge is 2.35. The molecule has 3 nitrogen and oxygen atoms in total. The van der Waals surface area contributed by atoms with E-state index in [-0.39, 0.29) is 18.1 Å². The van der Waals surface area contributed by atoms with Gasteiger partial charge in [-0.1, -0.05) is 6.92 Å². The van der Waals surface area contributed by atoms with Gasteiger partial charge in [0.05, 0.1) is 12.1 Å². The highest BCUT2D eigenvalue weighted by molar-refractivity contribution is 7.99. The molecule has 1 aliphatic carbocycles. The summed E-state index contributed by atoms with van der Waals surface area (Å²) in [5, 5.41) is 12.8. The van der Waals surface area contributed by atoms with Crippen LogP contribution in [0.15, 0.2) is 0 Å². The Morgan fingerprint density at radius 3 is 2.47 bits per heavy atom. The summed E-state index contributed by atoms with van der Waals surface area (Å²) in [6.07, 6.45) is 7.07. The summed E-state index contributed by atoms with van der Waals surface area (Å²) >= 11 is 1.99. The average Bonchev–Trinajstić information content (AvgIpc) is 2.43. The third-order valence-corrected chi connectivity index (χ3v) is 5.80. The van der Waals surface area contributed by atoms with Crippen molar-refractivity contribution < 1.29 is 9.90 Å². The largest absolute Gasteiger partial charge is 0.394 e. The van der Waals surface area contributed by atoms with E-state index in [0.717, 1.165) is 31.6 Å². The number of nitrogens with one attached hydrogen (secondary N) is 1. The van der Waals surface area contributed by atoms with Gasteiger partial charge in [0.1, 0.15) is 0 Å². The van der Waals surface area contributed by atoms with Gasteiger partial charge in [-0.15, -0.1) is 0 Å². The monoisotopic (exact) mass is 285 g/mol. The van der Waals surface area contributed by atoms with Gasteiger partial charge in [0.2, 0.25) is 5.91 Å². The smallest absolute Gasteiger partial charge is 0.220 e. The van der Waals surface area contributed by atoms with E-state index < -0.39 is 0 Å². The first-order valence-corrected chi connectivity index (χ1v) is 8.79. The zero-order valence-corrected chi connectivity index (χ0v) is 12.8. The molecule has 1 saturated carbocycles. The molecule has 19 heavy (non-hydrogen) atoms. The van der Waals surface area contributed by atoms with E-state index in [1.54, 1.807) is 0 Å². The number of hydrogen-bond donors (Lipinski definition) is 2. The quantitative estimate of drug-likeness (QED) is 0.834. The molecular formula is C15H27NO2S. The first-order chi connectivity index (χ1) is 9.13. The summed E-state index contributed by atoms with van der Waals surface area (Å²) in [4.78, 5) is 12.2. The number of carbonyl (C=O) groups excluding carboxylic acids is 1. The fourth-order valence-electron chi connectivity index (χ4n) is 3.20. The van der Waals surface area contributed by atoms with Gasteiger partial charge in [0.25, 0.3) is 0 Å². The Morgan fingerprint density at radius 2 is 1.89 bits per heavy atom. The molecule has 2 aliphatic rings. The maximum atomic E-state index is 12.2. The minimum atomic E-state index is -0.326. The molecule has 1 saturated heterocycles. The van der Waals surface area contributed by atoms with Gasteiger partial charge in [-0.25, -0.2) is 0 Å². The van der Waals surface area contributed by atoms with Crippen LogP contribution in [-0.4, -0.2) is 34.7 Å². The maximum absolute atomic E-state index is 12.2. The van der Waals surface area contributed by atoms with Crippen molar-refractivity contribution in [3.63, 3.8) is 0 Å². The van der Waals surface area contributed by atoms with Gasteiger partial charge in [-0.2, -0.15) is 11.8 Å². The van der Waals surface area contributed by atoms with E-state index in [4.69, 9.17) is 0 Å². The standard InChI is InChI=1S/C15H27NO2S/c1-12-2-6-15(11-17,7-3-12)16-14(18)10-13-4-8-19-9-5-13/h12-13,17H,2-11H2,1H3,(H,16,18). The van der Waals surface area contributed by atoms with Crippen LogP contribution in [0.4, 0.5) is 0 Å². The van der Waals surface area contributed by atoms with E-state index in [1.165, 1.54) is 24.3 Å². The summed E-state index contributed by atoms with van der Waals surface area (Å²) in [6, 6.07) is 0. The fraction of sp³-hybridized carbons (Fsp3) is 0.933. The lowest BCUT2D eigenvalue weighted by molar-refractivity contribution is -0.125. The molecule has 1 amide bonds. The Labute approximate surface area is 120 Å². The summed E-state index contributed by atoms with van der Waals surface area (Å²) in [5.41, 5.74) is -0.326. The predicted molar refractivity (Wildman–Crippen MR) is 80.3 cm³/mol. The lowest BCUT2D eigenvalue weighted by atomic mass is 9.77. The molecule has 2 fully saturated rings. The minimum Gasteiger partial charge on any atom is -0.394 e. The van der Waals surface area contributed by atoms with Crippen LogP contribution in [0.3, 0.4) is 0 Å². The Kier molecular flexibility index (Phi) is 5.58. The Balaban J connectivity index is 1.82. The van der Waals surface area contributed by atoms with Crippen LogP contribution in [0.25, 0.3) is 0 Å². The maximum Gasteiger partial charge on any atom is 0.220 e. The highest BCUT2D eigenvalue weighted by Crippen LogP contribution is 2.32. The lowest BCUT2D eigenvalue weighted by Gasteiger charge is -2.39. The van der Waals surface area contributed by atoms with Gasteiger partial charge in [-0.05, 0) is 61.9 Å². The zero-order valence-electron chi connectivity index (χ0n) is 12.0. The van der Waals surface area contributed by atoms with E-state index >= 15 is 0 Å². The number of thioether (sulfide) groups is 1. The number of rotatable bonds is 4. The first kappa shape index (κ1) is 15.2. The minimum absolute atomic E-state index is 0.0893. The molecule has 0 unspecified atom stereocenters. The van der Waals surface area contributed by atoms with Crippen molar-refractivity contribution in [1.29, 1.82) is 0 Å². The number of hydrogen-bond acceptors (Lipinski definition) is 3. The second-order valence-corrected chi connectivity index (χ2v) is 7.65. The Hall–Kier alpha value is -0.220.